The first-order valence-electron chi connectivity index (χ1n) is 12.1. The van der Waals surface area contributed by atoms with Crippen LogP contribution < -0.4 is 21.3 Å². The molecule has 3 N–H and O–H groups in total. The minimum absolute atomic E-state index is 0.0291. The second kappa shape index (κ2) is 10.8. The van der Waals surface area contributed by atoms with E-state index in [1.165, 1.54) is 35.3 Å². The van der Waals surface area contributed by atoms with Gasteiger partial charge in [-0.3, -0.25) is 9.59 Å². The zero-order valence-electron chi connectivity index (χ0n) is 20.7. The van der Waals surface area contributed by atoms with Crippen LogP contribution in [0.2, 0.25) is 0 Å². The van der Waals surface area contributed by atoms with Gasteiger partial charge < -0.3 is 34.6 Å². The number of carbonyl (C=O) groups is 2. The molecule has 3 aliphatic rings. The van der Waals surface area contributed by atoms with Gasteiger partial charge in [-0.15, -0.1) is 0 Å². The molecule has 3 heterocycles. The fourth-order valence-corrected chi connectivity index (χ4v) is 4.27. The molecule has 0 radical (unpaired) electrons. The maximum atomic E-state index is 12.7. The summed E-state index contributed by atoms with van der Waals surface area (Å²) in [6.07, 6.45) is 10.4. The minimum atomic E-state index is -1.04. The molecule has 1 fully saturated rings. The molecular formula is C26H27N5O7. The van der Waals surface area contributed by atoms with Gasteiger partial charge in [-0.1, -0.05) is 18.2 Å². The smallest absolute Gasteiger partial charge is 0.417 e. The van der Waals surface area contributed by atoms with Crippen molar-refractivity contribution < 1.29 is 28.5 Å². The summed E-state index contributed by atoms with van der Waals surface area (Å²) in [6, 6.07) is 4.06. The van der Waals surface area contributed by atoms with Crippen molar-refractivity contribution in [2.45, 2.75) is 31.5 Å². The highest BCUT2D eigenvalue weighted by Crippen LogP contribution is 2.29. The largest absolute Gasteiger partial charge is 0.497 e. The maximum Gasteiger partial charge on any atom is 0.417 e. The summed E-state index contributed by atoms with van der Waals surface area (Å²) in [7, 11) is 1.52. The molecule has 2 aliphatic heterocycles. The average Bonchev–Trinajstić information content (AvgIpc) is 3.33. The molecule has 1 aliphatic carbocycles. The second-order valence-electron chi connectivity index (χ2n) is 8.86. The van der Waals surface area contributed by atoms with Crippen LogP contribution in [0.1, 0.15) is 12.8 Å². The Bertz CT molecular complexity index is 1440. The third kappa shape index (κ3) is 5.25. The first-order chi connectivity index (χ1) is 18.4. The van der Waals surface area contributed by atoms with Gasteiger partial charge in [0.2, 0.25) is 11.8 Å². The van der Waals surface area contributed by atoms with Gasteiger partial charge in [0.25, 0.3) is 5.56 Å². The average molecular weight is 522 g/mol. The lowest BCUT2D eigenvalue weighted by atomic mass is 10.0. The van der Waals surface area contributed by atoms with Crippen molar-refractivity contribution in [2.24, 2.45) is 5.73 Å². The normalized spacial score (nSPS) is 19.5. The number of fused-ring (bicyclic) bond motifs is 1. The van der Waals surface area contributed by atoms with Crippen molar-refractivity contribution >= 4 is 23.0 Å². The molecule has 12 nitrogen and oxygen atoms in total. The molecule has 0 bridgehead atoms. The van der Waals surface area contributed by atoms with Gasteiger partial charge in [-0.25, -0.2) is 14.7 Å². The summed E-state index contributed by atoms with van der Waals surface area (Å²) in [5.41, 5.74) is 7.74. The zero-order valence-corrected chi connectivity index (χ0v) is 20.7. The molecule has 0 spiro atoms. The first-order valence-corrected chi connectivity index (χ1v) is 12.1. The van der Waals surface area contributed by atoms with Crippen molar-refractivity contribution in [1.29, 1.82) is 0 Å². The van der Waals surface area contributed by atoms with Crippen LogP contribution in [-0.2, 0) is 25.5 Å². The number of aromatic nitrogens is 2. The van der Waals surface area contributed by atoms with E-state index >= 15 is 0 Å². The van der Waals surface area contributed by atoms with E-state index in [1.54, 1.807) is 18.2 Å². The quantitative estimate of drug-likeness (QED) is 0.529. The van der Waals surface area contributed by atoms with Gasteiger partial charge in [-0.2, -0.15) is 0 Å². The monoisotopic (exact) mass is 521 g/mol. The minimum Gasteiger partial charge on any atom is -0.497 e. The standard InChI is InChI=1S/C26H27N5O7/c1-35-17-7-8-20-21(9-17)30(23(32)11-28-20)13-19(27)25(33)29-10-18-12-31(26(34)37-18)24-15-36-14-22(38-24)16-5-3-2-4-6-16/h2-3,5,7-9,11,14-15,18-19H,4,6,10,12-13,27H2,1H3,(H,29,33)/t18-,19+/m1/s1. The summed E-state index contributed by atoms with van der Waals surface area (Å²) in [6.45, 7) is 0.0943. The third-order valence-corrected chi connectivity index (χ3v) is 6.30. The van der Waals surface area contributed by atoms with Gasteiger partial charge in [0, 0.05) is 6.07 Å². The van der Waals surface area contributed by atoms with Crippen LogP contribution in [0.5, 0.6) is 5.75 Å². The third-order valence-electron chi connectivity index (χ3n) is 6.30. The Kier molecular flexibility index (Phi) is 7.13. The highest BCUT2D eigenvalue weighted by Gasteiger charge is 2.36. The number of allylic oxidation sites excluding steroid dienone is 4. The highest BCUT2D eigenvalue weighted by atomic mass is 16.6. The zero-order chi connectivity index (χ0) is 26.6. The van der Waals surface area contributed by atoms with Crippen molar-refractivity contribution in [3.05, 3.63) is 82.7 Å². The van der Waals surface area contributed by atoms with Gasteiger partial charge >= 0.3 is 6.09 Å². The molecule has 198 valence electrons. The van der Waals surface area contributed by atoms with E-state index in [1.807, 2.05) is 12.2 Å². The predicted molar refractivity (Wildman–Crippen MR) is 135 cm³/mol. The van der Waals surface area contributed by atoms with E-state index in [0.29, 0.717) is 22.5 Å². The number of hydrogen-bond donors (Lipinski definition) is 2. The summed E-state index contributed by atoms with van der Waals surface area (Å²) in [5, 5.41) is 2.70. The number of hydrogen-bond acceptors (Lipinski definition) is 9. The van der Waals surface area contributed by atoms with Gasteiger partial charge in [0.1, 0.15) is 24.2 Å². The van der Waals surface area contributed by atoms with Crippen molar-refractivity contribution in [1.82, 2.24) is 19.8 Å². The Morgan fingerprint density at radius 2 is 2.18 bits per heavy atom. The topological polar surface area (TPSA) is 147 Å². The lowest BCUT2D eigenvalue weighted by Crippen LogP contribution is -2.47. The molecular weight excluding hydrogens is 494 g/mol. The van der Waals surface area contributed by atoms with Crippen LogP contribution in [0, 0.1) is 0 Å². The van der Waals surface area contributed by atoms with Crippen LogP contribution in [0.15, 0.2) is 77.2 Å². The first kappa shape index (κ1) is 25.1. The summed E-state index contributed by atoms with van der Waals surface area (Å²) < 4.78 is 23.3. The van der Waals surface area contributed by atoms with Crippen LogP contribution in [0.25, 0.3) is 11.0 Å². The Morgan fingerprint density at radius 1 is 1.32 bits per heavy atom. The Balaban J connectivity index is 1.17. The van der Waals surface area contributed by atoms with E-state index in [-0.39, 0.29) is 25.5 Å². The molecule has 1 aromatic carbocycles. The molecule has 2 atom stereocenters. The number of nitrogens with two attached hydrogens (primary N) is 1. The number of benzene rings is 1. The van der Waals surface area contributed by atoms with Gasteiger partial charge in [0.15, 0.2) is 12.0 Å². The molecule has 0 unspecified atom stereocenters. The Hall–Kier alpha value is -4.58. The number of methoxy groups -OCH3 is 1. The number of nitrogens with one attached hydrogen (secondary N) is 1. The molecule has 0 saturated carbocycles. The summed E-state index contributed by atoms with van der Waals surface area (Å²) in [5.74, 6) is 0.770. The van der Waals surface area contributed by atoms with Crippen LogP contribution in [0.3, 0.4) is 0 Å². The SMILES string of the molecule is COc1ccc2ncc(=O)n(C[C@H](N)C(=O)NC[C@@H]3CN(C4=COC=C(C5=CC=CCC5)O4)C(=O)O3)c2c1. The number of rotatable bonds is 8. The molecule has 5 rings (SSSR count). The number of nitrogens with zero attached hydrogens (tertiary/aromatic N) is 3. The Labute approximate surface area is 217 Å². The molecule has 38 heavy (non-hydrogen) atoms. The molecule has 1 saturated heterocycles. The van der Waals surface area contributed by atoms with Gasteiger partial charge in [-0.05, 0) is 30.5 Å². The Morgan fingerprint density at radius 3 is 2.97 bits per heavy atom. The lowest BCUT2D eigenvalue weighted by Gasteiger charge is -2.23. The lowest BCUT2D eigenvalue weighted by molar-refractivity contribution is -0.123. The summed E-state index contributed by atoms with van der Waals surface area (Å²) in [4.78, 5) is 43.1. The molecule has 12 heteroatoms. The number of amides is 2. The van der Waals surface area contributed by atoms with Crippen LogP contribution >= 0.6 is 0 Å². The van der Waals surface area contributed by atoms with Gasteiger partial charge in [0.05, 0.1) is 44.0 Å². The molecule has 2 aromatic rings. The fraction of sp³-hybridized carbons (Fsp3) is 0.308. The van der Waals surface area contributed by atoms with E-state index in [4.69, 9.17) is 24.7 Å². The van der Waals surface area contributed by atoms with E-state index < -0.39 is 29.7 Å². The second-order valence-corrected chi connectivity index (χ2v) is 8.86. The van der Waals surface area contributed by atoms with E-state index in [2.05, 4.69) is 16.4 Å². The van der Waals surface area contributed by atoms with Crippen molar-refractivity contribution in [2.75, 3.05) is 20.2 Å². The molecule has 2 amide bonds. The predicted octanol–water partition coefficient (Wildman–Crippen LogP) is 1.63. The van der Waals surface area contributed by atoms with E-state index in [9.17, 15) is 14.4 Å². The number of ether oxygens (including phenoxy) is 4. The maximum absolute atomic E-state index is 12.7. The summed E-state index contributed by atoms with van der Waals surface area (Å²) >= 11 is 0. The van der Waals surface area contributed by atoms with Crippen LogP contribution in [-0.4, -0.2) is 58.8 Å². The van der Waals surface area contributed by atoms with Crippen molar-refractivity contribution in [3.63, 3.8) is 0 Å². The molecule has 1 aromatic heterocycles. The fourth-order valence-electron chi connectivity index (χ4n) is 4.27. The number of cyclic esters (lactones) is 1. The highest BCUT2D eigenvalue weighted by molar-refractivity contribution is 5.82. The van der Waals surface area contributed by atoms with E-state index in [0.717, 1.165) is 18.4 Å². The van der Waals surface area contributed by atoms with Crippen LogP contribution in [0.4, 0.5) is 4.79 Å². The van der Waals surface area contributed by atoms with Crippen molar-refractivity contribution in [3.8, 4) is 5.75 Å². The number of carbonyl (C=O) groups excluding carboxylic acids is 2.